The summed E-state index contributed by atoms with van der Waals surface area (Å²) >= 11 is 0. The largest absolute Gasteiger partial charge is 0.326 e. The van der Waals surface area contributed by atoms with E-state index in [1.165, 1.54) is 18.2 Å². The van der Waals surface area contributed by atoms with Crippen LogP contribution in [-0.2, 0) is 16.9 Å². The molecule has 1 aromatic heterocycles. The van der Waals surface area contributed by atoms with Crippen LogP contribution >= 0.6 is 0 Å². The van der Waals surface area contributed by atoms with Gasteiger partial charge in [0.15, 0.2) is 5.82 Å². The van der Waals surface area contributed by atoms with Crippen molar-refractivity contribution in [1.82, 2.24) is 15.1 Å². The number of carbonyl (C=O) groups is 2. The highest BCUT2D eigenvalue weighted by atomic mass is 19.1. The summed E-state index contributed by atoms with van der Waals surface area (Å²) in [4.78, 5) is 27.0. The Kier molecular flexibility index (Phi) is 3.76. The van der Waals surface area contributed by atoms with E-state index in [0.717, 1.165) is 24.1 Å². The number of urea groups is 1. The molecule has 142 valence electrons. The molecule has 3 amide bonds. The number of hydrogen-bond donors (Lipinski definition) is 3. The molecule has 0 atom stereocenters. The molecule has 0 saturated heterocycles. The van der Waals surface area contributed by atoms with E-state index in [4.69, 9.17) is 0 Å². The molecule has 1 aliphatic heterocycles. The lowest BCUT2D eigenvalue weighted by Gasteiger charge is -2.31. The Morgan fingerprint density at radius 3 is 2.63 bits per heavy atom. The van der Waals surface area contributed by atoms with Crippen LogP contribution in [0.15, 0.2) is 24.3 Å². The smallest absolute Gasteiger partial charge is 0.324 e. The van der Waals surface area contributed by atoms with E-state index in [1.807, 2.05) is 25.7 Å². The number of anilines is 2. The molecule has 7 nitrogen and oxygen atoms in total. The van der Waals surface area contributed by atoms with E-state index >= 15 is 0 Å². The molecule has 0 bridgehead atoms. The van der Waals surface area contributed by atoms with Gasteiger partial charge in [-0.25, -0.2) is 9.18 Å². The molecule has 0 radical (unpaired) electrons. The number of amides is 3. The van der Waals surface area contributed by atoms with Crippen molar-refractivity contribution in [3.8, 4) is 0 Å². The molecule has 1 aromatic carbocycles. The summed E-state index contributed by atoms with van der Waals surface area (Å²) in [5.41, 5.74) is 1.30. The zero-order chi connectivity index (χ0) is 19.4. The number of aromatic amines is 1. The first-order valence-corrected chi connectivity index (χ1v) is 8.94. The molecule has 1 saturated carbocycles. The van der Waals surface area contributed by atoms with Crippen LogP contribution in [-0.4, -0.2) is 27.0 Å². The number of nitrogens with one attached hydrogen (secondary N) is 3. The number of halogens is 1. The first kappa shape index (κ1) is 17.5. The van der Waals surface area contributed by atoms with Crippen molar-refractivity contribution in [1.29, 1.82) is 0 Å². The normalized spacial score (nSPS) is 17.0. The third-order valence-corrected chi connectivity index (χ3v) is 5.09. The second-order valence-corrected chi connectivity index (χ2v) is 8.19. The predicted octanol–water partition coefficient (Wildman–Crippen LogP) is 3.57. The minimum absolute atomic E-state index is 0.0831. The Bertz CT molecular complexity index is 926. The summed E-state index contributed by atoms with van der Waals surface area (Å²) in [5, 5.41) is 12.5. The number of nitrogens with zero attached hydrogens (tertiary/aromatic N) is 2. The first-order chi connectivity index (χ1) is 12.7. The standard InChI is InChI=1S/C19H22FN5O2/c1-18(2,3)16(26)25-10-13-14(19(25)7-8-19)23-24-15(13)22-17(27)21-12-6-4-5-11(20)9-12/h4-6,9H,7-8,10H2,1-3H3,(H3,21,22,23,24,27). The topological polar surface area (TPSA) is 90.1 Å². The quantitative estimate of drug-likeness (QED) is 0.754. The third-order valence-electron chi connectivity index (χ3n) is 5.09. The molecule has 2 aromatic rings. The number of benzene rings is 1. The third kappa shape index (κ3) is 2.94. The van der Waals surface area contributed by atoms with Gasteiger partial charge < -0.3 is 10.2 Å². The lowest BCUT2D eigenvalue weighted by Crippen LogP contribution is -2.42. The van der Waals surface area contributed by atoms with E-state index in [0.29, 0.717) is 18.1 Å². The van der Waals surface area contributed by atoms with Gasteiger partial charge in [-0.15, -0.1) is 0 Å². The van der Waals surface area contributed by atoms with Crippen LogP contribution in [0.25, 0.3) is 0 Å². The predicted molar refractivity (Wildman–Crippen MR) is 98.5 cm³/mol. The number of rotatable bonds is 2. The van der Waals surface area contributed by atoms with Gasteiger partial charge in [0.05, 0.1) is 17.8 Å². The minimum atomic E-state index is -0.514. The molecule has 8 heteroatoms. The lowest BCUT2D eigenvalue weighted by molar-refractivity contribution is -0.143. The highest BCUT2D eigenvalue weighted by Gasteiger charge is 2.59. The van der Waals surface area contributed by atoms with Crippen LogP contribution in [0.2, 0.25) is 0 Å². The zero-order valence-electron chi connectivity index (χ0n) is 15.5. The van der Waals surface area contributed by atoms with Crippen LogP contribution in [0, 0.1) is 11.2 Å². The van der Waals surface area contributed by atoms with E-state index in [-0.39, 0.29) is 11.4 Å². The Morgan fingerprint density at radius 1 is 1.26 bits per heavy atom. The molecule has 1 aliphatic carbocycles. The first-order valence-electron chi connectivity index (χ1n) is 8.94. The molecule has 1 fully saturated rings. The fourth-order valence-corrected chi connectivity index (χ4v) is 3.60. The van der Waals surface area contributed by atoms with Gasteiger partial charge >= 0.3 is 6.03 Å². The lowest BCUT2D eigenvalue weighted by atomic mass is 9.94. The summed E-state index contributed by atoms with van der Waals surface area (Å²) in [6.07, 6.45) is 1.78. The highest BCUT2D eigenvalue weighted by molar-refractivity contribution is 5.99. The van der Waals surface area contributed by atoms with Gasteiger partial charge in [0.25, 0.3) is 0 Å². The molecule has 3 N–H and O–H groups in total. The molecule has 1 spiro atoms. The Morgan fingerprint density at radius 2 is 2.00 bits per heavy atom. The van der Waals surface area contributed by atoms with Gasteiger partial charge in [0, 0.05) is 16.7 Å². The Balaban J connectivity index is 1.52. The number of fused-ring (bicyclic) bond motifs is 2. The van der Waals surface area contributed by atoms with Gasteiger partial charge in [0.1, 0.15) is 5.82 Å². The number of carbonyl (C=O) groups excluding carboxylic acids is 2. The van der Waals surface area contributed by atoms with Crippen molar-refractivity contribution in [2.45, 2.75) is 45.7 Å². The summed E-state index contributed by atoms with van der Waals surface area (Å²) in [7, 11) is 0. The highest BCUT2D eigenvalue weighted by Crippen LogP contribution is 2.57. The summed E-state index contributed by atoms with van der Waals surface area (Å²) in [5.74, 6) is 0.0506. The van der Waals surface area contributed by atoms with Gasteiger partial charge in [-0.2, -0.15) is 5.10 Å². The van der Waals surface area contributed by atoms with Crippen molar-refractivity contribution >= 4 is 23.4 Å². The van der Waals surface area contributed by atoms with Gasteiger partial charge in [-0.05, 0) is 31.0 Å². The Labute approximate surface area is 156 Å². The average molecular weight is 371 g/mol. The van der Waals surface area contributed by atoms with Crippen molar-refractivity contribution in [2.24, 2.45) is 5.41 Å². The van der Waals surface area contributed by atoms with E-state index in [2.05, 4.69) is 20.8 Å². The van der Waals surface area contributed by atoms with Crippen LogP contribution in [0.5, 0.6) is 0 Å². The molecule has 2 aliphatic rings. The molecular formula is C19H22FN5O2. The molecule has 4 rings (SSSR count). The van der Waals surface area contributed by atoms with E-state index in [9.17, 15) is 14.0 Å². The summed E-state index contributed by atoms with van der Waals surface area (Å²) in [6, 6.07) is 5.14. The second-order valence-electron chi connectivity index (χ2n) is 8.19. The summed E-state index contributed by atoms with van der Waals surface area (Å²) in [6.45, 7) is 6.13. The van der Waals surface area contributed by atoms with Crippen molar-refractivity contribution in [3.63, 3.8) is 0 Å². The molecule has 2 heterocycles. The zero-order valence-corrected chi connectivity index (χ0v) is 15.5. The van der Waals surface area contributed by atoms with Gasteiger partial charge in [0.2, 0.25) is 5.91 Å². The average Bonchev–Trinajstić information content (AvgIpc) is 3.17. The SMILES string of the molecule is CC(C)(C)C(=O)N1Cc2c(NC(=O)Nc3cccc(F)c3)n[nH]c2C12CC2. The maximum atomic E-state index is 13.3. The van der Waals surface area contributed by atoms with Crippen molar-refractivity contribution < 1.29 is 14.0 Å². The Hall–Kier alpha value is -2.90. The molecule has 0 unspecified atom stereocenters. The number of hydrogen-bond acceptors (Lipinski definition) is 3. The fraction of sp³-hybridized carbons (Fsp3) is 0.421. The second kappa shape index (κ2) is 5.80. The molecular weight excluding hydrogens is 349 g/mol. The summed E-state index contributed by atoms with van der Waals surface area (Å²) < 4.78 is 13.3. The maximum Gasteiger partial charge on any atom is 0.324 e. The van der Waals surface area contributed by atoms with Crippen LogP contribution in [0.3, 0.4) is 0 Å². The van der Waals surface area contributed by atoms with Crippen molar-refractivity contribution in [2.75, 3.05) is 10.6 Å². The van der Waals surface area contributed by atoms with Gasteiger partial charge in [-0.3, -0.25) is 15.2 Å². The van der Waals surface area contributed by atoms with E-state index < -0.39 is 17.3 Å². The van der Waals surface area contributed by atoms with E-state index in [1.54, 1.807) is 6.07 Å². The number of aromatic nitrogens is 2. The number of H-pyrrole nitrogens is 1. The molecule has 27 heavy (non-hydrogen) atoms. The van der Waals surface area contributed by atoms with Crippen LogP contribution < -0.4 is 10.6 Å². The van der Waals surface area contributed by atoms with Gasteiger partial charge in [-0.1, -0.05) is 26.8 Å². The fourth-order valence-electron chi connectivity index (χ4n) is 3.60. The monoisotopic (exact) mass is 371 g/mol. The minimum Gasteiger partial charge on any atom is -0.326 e. The van der Waals surface area contributed by atoms with Crippen LogP contribution in [0.4, 0.5) is 20.7 Å². The van der Waals surface area contributed by atoms with Crippen LogP contribution in [0.1, 0.15) is 44.9 Å². The maximum absolute atomic E-state index is 13.3. The van der Waals surface area contributed by atoms with Crippen molar-refractivity contribution in [3.05, 3.63) is 41.3 Å².